The van der Waals surface area contributed by atoms with Crippen molar-refractivity contribution >= 4 is 17.5 Å². The van der Waals surface area contributed by atoms with E-state index >= 15 is 0 Å². The minimum atomic E-state index is -0.0314. The highest BCUT2D eigenvalue weighted by atomic mass is 16.2. The normalized spacial score (nSPS) is 10.7. The number of nitrogens with zero attached hydrogens (tertiary/aromatic N) is 3. The quantitative estimate of drug-likeness (QED) is 0.819. The van der Waals surface area contributed by atoms with Crippen molar-refractivity contribution in [3.8, 4) is 0 Å². The number of aromatic nitrogens is 2. The molecule has 1 amide bonds. The molecule has 0 aromatic carbocycles. The molecule has 0 spiro atoms. The second-order valence-electron chi connectivity index (χ2n) is 5.30. The monoisotopic (exact) mass is 279 g/mol. The van der Waals surface area contributed by atoms with E-state index in [1.165, 1.54) is 0 Å². The number of nitrogens with one attached hydrogen (secondary N) is 1. The third kappa shape index (κ3) is 4.36. The van der Waals surface area contributed by atoms with Gasteiger partial charge in [0, 0.05) is 25.1 Å². The van der Waals surface area contributed by atoms with Crippen molar-refractivity contribution in [3.63, 3.8) is 0 Å². The lowest BCUT2D eigenvalue weighted by Crippen LogP contribution is -2.39. The highest BCUT2D eigenvalue weighted by Gasteiger charge is 2.15. The lowest BCUT2D eigenvalue weighted by atomic mass is 10.2. The largest absolute Gasteiger partial charge is 0.383 e. The average Bonchev–Trinajstić information content (AvgIpc) is 2.32. The first-order valence-electron chi connectivity index (χ1n) is 6.98. The molecular formula is C14H25N5O. The number of likely N-dealkylation sites (N-methyl/N-ethyl adjacent to an activating group) is 1. The van der Waals surface area contributed by atoms with Crippen LogP contribution >= 0.6 is 0 Å². The molecule has 6 nitrogen and oxygen atoms in total. The third-order valence-electron chi connectivity index (χ3n) is 2.87. The van der Waals surface area contributed by atoms with Gasteiger partial charge in [-0.05, 0) is 27.2 Å². The molecule has 0 bridgehead atoms. The van der Waals surface area contributed by atoms with Crippen LogP contribution in [0.25, 0.3) is 0 Å². The Hall–Kier alpha value is -1.85. The highest BCUT2D eigenvalue weighted by molar-refractivity contribution is 5.81. The van der Waals surface area contributed by atoms with Crippen molar-refractivity contribution in [2.75, 3.05) is 24.2 Å². The van der Waals surface area contributed by atoms with Crippen LogP contribution in [0.2, 0.25) is 0 Å². The third-order valence-corrected chi connectivity index (χ3v) is 2.87. The Balaban J connectivity index is 2.91. The zero-order chi connectivity index (χ0) is 15.3. The van der Waals surface area contributed by atoms with Crippen molar-refractivity contribution in [2.45, 2.75) is 46.6 Å². The summed E-state index contributed by atoms with van der Waals surface area (Å²) in [6, 6.07) is 0.128. The van der Waals surface area contributed by atoms with Crippen molar-refractivity contribution in [2.24, 2.45) is 0 Å². The maximum atomic E-state index is 11.8. The van der Waals surface area contributed by atoms with Crippen LogP contribution in [0.5, 0.6) is 0 Å². The van der Waals surface area contributed by atoms with E-state index in [1.807, 2.05) is 32.7 Å². The predicted molar refractivity (Wildman–Crippen MR) is 81.7 cm³/mol. The van der Waals surface area contributed by atoms with Gasteiger partial charge in [0.1, 0.15) is 17.5 Å². The van der Waals surface area contributed by atoms with E-state index in [2.05, 4.69) is 22.2 Å². The molecule has 0 atom stereocenters. The van der Waals surface area contributed by atoms with E-state index in [9.17, 15) is 4.79 Å². The summed E-state index contributed by atoms with van der Waals surface area (Å²) < 4.78 is 0. The van der Waals surface area contributed by atoms with Crippen molar-refractivity contribution in [3.05, 3.63) is 11.4 Å². The number of hydrogen-bond donors (Lipinski definition) is 2. The molecule has 1 heterocycles. The first-order valence-corrected chi connectivity index (χ1v) is 6.98. The number of aryl methyl sites for hydroxylation is 1. The molecule has 0 radical (unpaired) electrons. The number of rotatable bonds is 6. The second kappa shape index (κ2) is 7.07. The van der Waals surface area contributed by atoms with Gasteiger partial charge < -0.3 is 16.0 Å². The molecule has 1 aromatic rings. The van der Waals surface area contributed by atoms with Crippen molar-refractivity contribution in [1.82, 2.24) is 15.3 Å². The average molecular weight is 279 g/mol. The van der Waals surface area contributed by atoms with Crippen LogP contribution < -0.4 is 16.0 Å². The van der Waals surface area contributed by atoms with Gasteiger partial charge in [-0.1, -0.05) is 6.92 Å². The molecule has 0 unspecified atom stereocenters. The molecule has 0 aliphatic heterocycles. The van der Waals surface area contributed by atoms with Crippen LogP contribution in [0.15, 0.2) is 0 Å². The number of amides is 1. The van der Waals surface area contributed by atoms with Gasteiger partial charge in [0.2, 0.25) is 5.91 Å². The summed E-state index contributed by atoms with van der Waals surface area (Å²) in [5.41, 5.74) is 6.73. The maximum absolute atomic E-state index is 11.8. The standard InChI is InChI=1S/C14H25N5O/c1-6-7-11-17-13(15)10(4)14(18-11)19(5)8-12(20)16-9(2)3/h9H,6-8H2,1-5H3,(H,16,20)(H2,15,17,18). The SMILES string of the molecule is CCCc1nc(N)c(C)c(N(C)CC(=O)NC(C)C)n1. The van der Waals surface area contributed by atoms with E-state index in [1.54, 1.807) is 0 Å². The number of nitrogens with two attached hydrogens (primary N) is 1. The summed E-state index contributed by atoms with van der Waals surface area (Å²) >= 11 is 0. The first-order chi connectivity index (χ1) is 9.35. The van der Waals surface area contributed by atoms with Gasteiger partial charge >= 0.3 is 0 Å². The zero-order valence-corrected chi connectivity index (χ0v) is 13.0. The highest BCUT2D eigenvalue weighted by Crippen LogP contribution is 2.20. The minimum Gasteiger partial charge on any atom is -0.383 e. The fraction of sp³-hybridized carbons (Fsp3) is 0.643. The lowest BCUT2D eigenvalue weighted by molar-refractivity contribution is -0.120. The first kappa shape index (κ1) is 16.2. The molecule has 0 aliphatic rings. The molecule has 112 valence electrons. The Labute approximate surface area is 120 Å². The molecule has 1 aromatic heterocycles. The number of nitrogen functional groups attached to an aromatic ring is 1. The van der Waals surface area contributed by atoms with E-state index in [0.717, 1.165) is 30.0 Å². The van der Waals surface area contributed by atoms with Crippen LogP contribution in [0, 0.1) is 6.92 Å². The summed E-state index contributed by atoms with van der Waals surface area (Å²) in [6.45, 7) is 8.06. The molecule has 0 aliphatic carbocycles. The molecule has 1 rings (SSSR count). The lowest BCUT2D eigenvalue weighted by Gasteiger charge is -2.21. The Kier molecular flexibility index (Phi) is 5.73. The molecule has 20 heavy (non-hydrogen) atoms. The van der Waals surface area contributed by atoms with E-state index in [0.29, 0.717) is 5.82 Å². The van der Waals surface area contributed by atoms with Gasteiger partial charge in [-0.3, -0.25) is 4.79 Å². The van der Waals surface area contributed by atoms with Gasteiger partial charge in [-0.2, -0.15) is 0 Å². The number of anilines is 2. The van der Waals surface area contributed by atoms with Crippen LogP contribution in [-0.4, -0.2) is 35.5 Å². The Bertz CT molecular complexity index is 473. The summed E-state index contributed by atoms with van der Waals surface area (Å²) in [7, 11) is 1.84. The number of carbonyl (C=O) groups excluding carboxylic acids is 1. The summed E-state index contributed by atoms with van der Waals surface area (Å²) in [5, 5.41) is 2.86. The van der Waals surface area contributed by atoms with Gasteiger partial charge in [0.15, 0.2) is 0 Å². The van der Waals surface area contributed by atoms with Gasteiger partial charge in [0.25, 0.3) is 0 Å². The molecule has 3 N–H and O–H groups in total. The summed E-state index contributed by atoms with van der Waals surface area (Å²) in [5.74, 6) is 1.90. The second-order valence-corrected chi connectivity index (χ2v) is 5.30. The van der Waals surface area contributed by atoms with Gasteiger partial charge in [-0.25, -0.2) is 9.97 Å². The maximum Gasteiger partial charge on any atom is 0.239 e. The van der Waals surface area contributed by atoms with Crippen molar-refractivity contribution in [1.29, 1.82) is 0 Å². The summed E-state index contributed by atoms with van der Waals surface area (Å²) in [6.07, 6.45) is 1.74. The Morgan fingerprint density at radius 3 is 2.60 bits per heavy atom. The molecular weight excluding hydrogens is 254 g/mol. The summed E-state index contributed by atoms with van der Waals surface area (Å²) in [4.78, 5) is 22.4. The molecule has 0 saturated heterocycles. The van der Waals surface area contributed by atoms with Crippen molar-refractivity contribution < 1.29 is 4.79 Å². The Morgan fingerprint density at radius 1 is 1.40 bits per heavy atom. The predicted octanol–water partition coefficient (Wildman–Crippen LogP) is 1.28. The smallest absolute Gasteiger partial charge is 0.239 e. The zero-order valence-electron chi connectivity index (χ0n) is 13.0. The minimum absolute atomic E-state index is 0.0314. The Morgan fingerprint density at radius 2 is 2.05 bits per heavy atom. The number of hydrogen-bond acceptors (Lipinski definition) is 5. The van der Waals surface area contributed by atoms with E-state index < -0.39 is 0 Å². The topological polar surface area (TPSA) is 84.1 Å². The van der Waals surface area contributed by atoms with Crippen LogP contribution in [-0.2, 0) is 11.2 Å². The van der Waals surface area contributed by atoms with Gasteiger partial charge in [-0.15, -0.1) is 0 Å². The van der Waals surface area contributed by atoms with Crippen LogP contribution in [0.1, 0.15) is 38.6 Å². The number of carbonyl (C=O) groups is 1. The van der Waals surface area contributed by atoms with E-state index in [-0.39, 0.29) is 18.5 Å². The van der Waals surface area contributed by atoms with Crippen LogP contribution in [0.4, 0.5) is 11.6 Å². The van der Waals surface area contributed by atoms with E-state index in [4.69, 9.17) is 5.73 Å². The molecule has 0 saturated carbocycles. The fourth-order valence-corrected chi connectivity index (χ4v) is 1.93. The molecule has 6 heteroatoms. The van der Waals surface area contributed by atoms with Gasteiger partial charge in [0.05, 0.1) is 6.54 Å². The fourth-order valence-electron chi connectivity index (χ4n) is 1.93. The molecule has 0 fully saturated rings. The van der Waals surface area contributed by atoms with Crippen LogP contribution in [0.3, 0.4) is 0 Å².